The smallest absolute Gasteiger partial charge is 0.340 e. The van der Waals surface area contributed by atoms with Gasteiger partial charge in [-0.3, -0.25) is 4.79 Å². The number of aryl methyl sites for hydroxylation is 2. The van der Waals surface area contributed by atoms with Crippen LogP contribution in [-0.4, -0.2) is 23.5 Å². The molecule has 0 spiro atoms. The topological polar surface area (TPSA) is 71.2 Å². The van der Waals surface area contributed by atoms with E-state index in [2.05, 4.69) is 22.4 Å². The fourth-order valence-electron chi connectivity index (χ4n) is 3.62. The fraction of sp³-hybridized carbons (Fsp3) is 0.400. The first-order valence-corrected chi connectivity index (χ1v) is 8.77. The van der Waals surface area contributed by atoms with Gasteiger partial charge in [0.05, 0.1) is 18.2 Å². The van der Waals surface area contributed by atoms with Gasteiger partial charge in [-0.2, -0.15) is 0 Å². The van der Waals surface area contributed by atoms with Crippen molar-refractivity contribution in [2.45, 2.75) is 46.1 Å². The average molecular weight is 340 g/mol. The second-order valence-corrected chi connectivity index (χ2v) is 6.46. The molecule has 1 aromatic carbocycles. The lowest BCUT2D eigenvalue weighted by atomic mass is 9.87. The normalized spacial score (nSPS) is 16.2. The van der Waals surface area contributed by atoms with Crippen LogP contribution in [0.25, 0.3) is 0 Å². The molecule has 1 amide bonds. The Kier molecular flexibility index (Phi) is 4.93. The molecule has 1 aliphatic rings. The molecule has 0 bridgehead atoms. The molecule has 132 valence electrons. The number of aromatic amines is 1. The maximum Gasteiger partial charge on any atom is 0.340 e. The Morgan fingerprint density at radius 3 is 2.80 bits per heavy atom. The van der Waals surface area contributed by atoms with E-state index in [1.165, 1.54) is 11.1 Å². The van der Waals surface area contributed by atoms with Gasteiger partial charge >= 0.3 is 5.97 Å². The summed E-state index contributed by atoms with van der Waals surface area (Å²) >= 11 is 0. The van der Waals surface area contributed by atoms with Crippen molar-refractivity contribution in [2.24, 2.45) is 0 Å². The standard InChI is InChI=1S/C20H24N2O3/c1-4-25-20(24)17-12(2)18(21-13(17)3)19(23)22-16-11-7-9-14-8-5-6-10-15(14)16/h5-6,8,10,16,21H,4,7,9,11H2,1-3H3,(H,22,23)/t16-/m1/s1. The van der Waals surface area contributed by atoms with Crippen molar-refractivity contribution < 1.29 is 14.3 Å². The zero-order valence-electron chi connectivity index (χ0n) is 14.9. The molecule has 0 radical (unpaired) electrons. The molecule has 5 heteroatoms. The van der Waals surface area contributed by atoms with E-state index >= 15 is 0 Å². The van der Waals surface area contributed by atoms with Crippen molar-refractivity contribution in [2.75, 3.05) is 6.61 Å². The van der Waals surface area contributed by atoms with Crippen LogP contribution in [0.3, 0.4) is 0 Å². The van der Waals surface area contributed by atoms with Crippen LogP contribution in [0.15, 0.2) is 24.3 Å². The van der Waals surface area contributed by atoms with Crippen LogP contribution in [0.4, 0.5) is 0 Å². The third-order valence-corrected chi connectivity index (χ3v) is 4.82. The lowest BCUT2D eigenvalue weighted by Crippen LogP contribution is -2.31. The highest BCUT2D eigenvalue weighted by molar-refractivity contribution is 6.00. The van der Waals surface area contributed by atoms with E-state index in [0.717, 1.165) is 19.3 Å². The first kappa shape index (κ1) is 17.3. The highest BCUT2D eigenvalue weighted by atomic mass is 16.5. The van der Waals surface area contributed by atoms with Crippen molar-refractivity contribution in [3.05, 3.63) is 57.9 Å². The minimum absolute atomic E-state index is 0.00602. The molecule has 3 rings (SSSR count). The number of carbonyl (C=O) groups is 2. The minimum Gasteiger partial charge on any atom is -0.462 e. The molecule has 1 aliphatic carbocycles. The van der Waals surface area contributed by atoms with Crippen molar-refractivity contribution in [1.29, 1.82) is 0 Å². The molecule has 2 N–H and O–H groups in total. The molecule has 5 nitrogen and oxygen atoms in total. The molecule has 2 aromatic rings. The number of carbonyl (C=O) groups excluding carboxylic acids is 2. The number of hydrogen-bond acceptors (Lipinski definition) is 3. The molecule has 0 saturated carbocycles. The van der Waals surface area contributed by atoms with Gasteiger partial charge < -0.3 is 15.0 Å². The number of benzene rings is 1. The first-order valence-electron chi connectivity index (χ1n) is 8.77. The first-order chi connectivity index (χ1) is 12.0. The Morgan fingerprint density at radius 1 is 1.28 bits per heavy atom. The van der Waals surface area contributed by atoms with Crippen molar-refractivity contribution >= 4 is 11.9 Å². The summed E-state index contributed by atoms with van der Waals surface area (Å²) < 4.78 is 5.09. The molecular formula is C20H24N2O3. The van der Waals surface area contributed by atoms with E-state index in [0.29, 0.717) is 29.1 Å². The minimum atomic E-state index is -0.393. The Hall–Kier alpha value is -2.56. The number of aromatic nitrogens is 1. The summed E-state index contributed by atoms with van der Waals surface area (Å²) in [7, 11) is 0. The second kappa shape index (κ2) is 7.13. The van der Waals surface area contributed by atoms with Crippen molar-refractivity contribution in [1.82, 2.24) is 10.3 Å². The molecule has 0 fully saturated rings. The summed E-state index contributed by atoms with van der Waals surface area (Å²) in [6.07, 6.45) is 3.03. The van der Waals surface area contributed by atoms with E-state index < -0.39 is 5.97 Å². The van der Waals surface area contributed by atoms with E-state index in [1.807, 2.05) is 12.1 Å². The maximum absolute atomic E-state index is 12.8. The summed E-state index contributed by atoms with van der Waals surface area (Å²) in [4.78, 5) is 27.9. The summed E-state index contributed by atoms with van der Waals surface area (Å²) in [5.41, 5.74) is 4.67. The Labute approximate surface area is 147 Å². The molecular weight excluding hydrogens is 316 g/mol. The number of fused-ring (bicyclic) bond motifs is 1. The highest BCUT2D eigenvalue weighted by Crippen LogP contribution is 2.30. The van der Waals surface area contributed by atoms with Crippen LogP contribution in [0.5, 0.6) is 0 Å². The van der Waals surface area contributed by atoms with E-state index in [1.54, 1.807) is 20.8 Å². The van der Waals surface area contributed by atoms with Crippen LogP contribution in [0, 0.1) is 13.8 Å². The molecule has 25 heavy (non-hydrogen) atoms. The molecule has 1 heterocycles. The van der Waals surface area contributed by atoms with E-state index in [-0.39, 0.29) is 11.9 Å². The van der Waals surface area contributed by atoms with E-state index in [4.69, 9.17) is 4.74 Å². The number of hydrogen-bond donors (Lipinski definition) is 2. The van der Waals surface area contributed by atoms with Gasteiger partial charge in [0.1, 0.15) is 5.69 Å². The second-order valence-electron chi connectivity index (χ2n) is 6.46. The van der Waals surface area contributed by atoms with Gasteiger partial charge in [0.2, 0.25) is 0 Å². The van der Waals surface area contributed by atoms with Crippen molar-refractivity contribution in [3.63, 3.8) is 0 Å². The number of nitrogens with one attached hydrogen (secondary N) is 2. The van der Waals surface area contributed by atoms with Gasteiger partial charge in [0.25, 0.3) is 5.91 Å². The largest absolute Gasteiger partial charge is 0.462 e. The number of amides is 1. The van der Waals surface area contributed by atoms with Crippen LogP contribution in [0.2, 0.25) is 0 Å². The summed E-state index contributed by atoms with van der Waals surface area (Å²) in [6.45, 7) is 5.64. The molecule has 0 unspecified atom stereocenters. The van der Waals surface area contributed by atoms with Gasteiger partial charge in [-0.25, -0.2) is 4.79 Å². The average Bonchev–Trinajstić information content (AvgIpc) is 2.90. The summed E-state index contributed by atoms with van der Waals surface area (Å²) in [5, 5.41) is 3.12. The third kappa shape index (κ3) is 3.31. The monoisotopic (exact) mass is 340 g/mol. The van der Waals surface area contributed by atoms with Gasteiger partial charge in [-0.05, 0) is 56.7 Å². The quantitative estimate of drug-likeness (QED) is 0.835. The lowest BCUT2D eigenvalue weighted by molar-refractivity contribution is 0.0525. The highest BCUT2D eigenvalue weighted by Gasteiger charge is 2.26. The lowest BCUT2D eigenvalue weighted by Gasteiger charge is -2.26. The summed E-state index contributed by atoms with van der Waals surface area (Å²) in [5.74, 6) is -0.575. The van der Waals surface area contributed by atoms with E-state index in [9.17, 15) is 9.59 Å². The number of ether oxygens (including phenoxy) is 1. The SMILES string of the molecule is CCOC(=O)c1c(C)[nH]c(C(=O)N[C@@H]2CCCc3ccccc32)c1C. The fourth-order valence-corrected chi connectivity index (χ4v) is 3.62. The van der Waals surface area contributed by atoms with Crippen LogP contribution < -0.4 is 5.32 Å². The van der Waals surface area contributed by atoms with Gasteiger partial charge in [0.15, 0.2) is 0 Å². The third-order valence-electron chi connectivity index (χ3n) is 4.82. The predicted octanol–water partition coefficient (Wildman–Crippen LogP) is 3.62. The molecule has 0 saturated heterocycles. The maximum atomic E-state index is 12.8. The molecule has 1 aromatic heterocycles. The van der Waals surface area contributed by atoms with Gasteiger partial charge in [0, 0.05) is 5.69 Å². The number of esters is 1. The van der Waals surface area contributed by atoms with Crippen molar-refractivity contribution in [3.8, 4) is 0 Å². The van der Waals surface area contributed by atoms with Crippen LogP contribution in [0.1, 0.15) is 69.0 Å². The molecule has 1 atom stereocenters. The van der Waals surface area contributed by atoms with Gasteiger partial charge in [-0.15, -0.1) is 0 Å². The Bertz CT molecular complexity index is 807. The summed E-state index contributed by atoms with van der Waals surface area (Å²) in [6, 6.07) is 8.25. The predicted molar refractivity (Wildman–Crippen MR) is 95.8 cm³/mol. The van der Waals surface area contributed by atoms with Crippen LogP contribution in [-0.2, 0) is 11.2 Å². The number of rotatable bonds is 4. The Balaban J connectivity index is 1.83. The molecule has 0 aliphatic heterocycles. The Morgan fingerprint density at radius 2 is 2.04 bits per heavy atom. The number of H-pyrrole nitrogens is 1. The van der Waals surface area contributed by atoms with Gasteiger partial charge in [-0.1, -0.05) is 24.3 Å². The zero-order valence-corrected chi connectivity index (χ0v) is 14.9. The zero-order chi connectivity index (χ0) is 18.0. The van der Waals surface area contributed by atoms with Crippen LogP contribution >= 0.6 is 0 Å².